The molecule has 0 atom stereocenters. The first-order valence-electron chi connectivity index (χ1n) is 6.91. The van der Waals surface area contributed by atoms with Gasteiger partial charge in [0.25, 0.3) is 0 Å². The molecule has 0 unspecified atom stereocenters. The van der Waals surface area contributed by atoms with Crippen molar-refractivity contribution in [2.45, 2.75) is 20.8 Å². The first-order valence-corrected chi connectivity index (χ1v) is 8.80. The zero-order valence-electron chi connectivity index (χ0n) is 12.7. The Morgan fingerprint density at radius 2 is 1.80 bits per heavy atom. The summed E-state index contributed by atoms with van der Waals surface area (Å²) in [5.41, 5.74) is 3.47. The Morgan fingerprint density at radius 3 is 2.30 bits per heavy atom. The van der Waals surface area contributed by atoms with Gasteiger partial charge in [0.05, 0.1) is 6.26 Å². The van der Waals surface area contributed by atoms with Gasteiger partial charge in [-0.2, -0.15) is 0 Å². The summed E-state index contributed by atoms with van der Waals surface area (Å²) in [6.07, 6.45) is 1.16. The predicted octanol–water partition coefficient (Wildman–Crippen LogP) is 1.80. The Hall–Kier alpha value is -1.27. The van der Waals surface area contributed by atoms with Gasteiger partial charge < -0.3 is 10.2 Å². The van der Waals surface area contributed by atoms with E-state index in [1.54, 1.807) is 0 Å². The molecule has 114 valence electrons. The van der Waals surface area contributed by atoms with Crippen LogP contribution in [-0.4, -0.2) is 40.9 Å². The molecule has 6 heteroatoms. The van der Waals surface area contributed by atoms with Crippen LogP contribution in [0.2, 0.25) is 0 Å². The van der Waals surface area contributed by atoms with Crippen molar-refractivity contribution in [3.05, 3.63) is 23.8 Å². The normalized spacial score (nSPS) is 11.4. The predicted molar refractivity (Wildman–Crippen MR) is 86.1 cm³/mol. The molecule has 1 rings (SSSR count). The fourth-order valence-corrected chi connectivity index (χ4v) is 2.60. The van der Waals surface area contributed by atoms with E-state index in [1.165, 1.54) is 11.3 Å². The van der Waals surface area contributed by atoms with Crippen molar-refractivity contribution in [3.63, 3.8) is 0 Å². The lowest BCUT2D eigenvalue weighted by atomic mass is 10.1. The van der Waals surface area contributed by atoms with Crippen molar-refractivity contribution in [2.24, 2.45) is 0 Å². The molecule has 0 fully saturated rings. The fraction of sp³-hybridized carbons (Fsp3) is 0.571. The Morgan fingerprint density at radius 1 is 1.15 bits per heavy atom. The van der Waals surface area contributed by atoms with Crippen LogP contribution in [0.5, 0.6) is 0 Å². The third-order valence-corrected chi connectivity index (χ3v) is 3.85. The van der Waals surface area contributed by atoms with Crippen LogP contribution < -0.4 is 14.9 Å². The number of rotatable bonds is 8. The second-order valence-corrected chi connectivity index (χ2v) is 6.60. The highest BCUT2D eigenvalue weighted by atomic mass is 32.2. The molecule has 0 heterocycles. The van der Waals surface area contributed by atoms with Crippen LogP contribution in [0.1, 0.15) is 19.4 Å². The maximum absolute atomic E-state index is 10.9. The van der Waals surface area contributed by atoms with Crippen molar-refractivity contribution in [1.29, 1.82) is 0 Å². The van der Waals surface area contributed by atoms with Crippen LogP contribution in [0.3, 0.4) is 0 Å². The van der Waals surface area contributed by atoms with Gasteiger partial charge in [-0.05, 0) is 44.5 Å². The molecule has 0 saturated carbocycles. The fourth-order valence-electron chi connectivity index (χ4n) is 2.13. The lowest BCUT2D eigenvalue weighted by Crippen LogP contribution is -2.27. The van der Waals surface area contributed by atoms with E-state index in [0.29, 0.717) is 13.1 Å². The summed E-state index contributed by atoms with van der Waals surface area (Å²) in [6.45, 7) is 9.31. The quantitative estimate of drug-likeness (QED) is 0.719. The van der Waals surface area contributed by atoms with Crippen LogP contribution >= 0.6 is 0 Å². The maximum atomic E-state index is 10.9. The maximum Gasteiger partial charge on any atom is 0.208 e. The van der Waals surface area contributed by atoms with E-state index in [0.717, 1.165) is 25.0 Å². The number of nitrogens with zero attached hydrogens (tertiary/aromatic N) is 1. The molecule has 0 aliphatic carbocycles. The summed E-state index contributed by atoms with van der Waals surface area (Å²) in [6, 6.07) is 6.23. The van der Waals surface area contributed by atoms with Gasteiger partial charge in [0, 0.05) is 37.6 Å². The molecule has 0 radical (unpaired) electrons. The molecular weight excluding hydrogens is 274 g/mol. The van der Waals surface area contributed by atoms with Crippen molar-refractivity contribution in [2.75, 3.05) is 42.7 Å². The van der Waals surface area contributed by atoms with Gasteiger partial charge in [-0.25, -0.2) is 13.1 Å². The molecule has 2 N–H and O–H groups in total. The van der Waals surface area contributed by atoms with Crippen LogP contribution in [-0.2, 0) is 10.0 Å². The Bertz CT molecular complexity index is 525. The van der Waals surface area contributed by atoms with Crippen molar-refractivity contribution < 1.29 is 8.42 Å². The van der Waals surface area contributed by atoms with Gasteiger partial charge in [-0.3, -0.25) is 0 Å². The van der Waals surface area contributed by atoms with Gasteiger partial charge >= 0.3 is 0 Å². The summed E-state index contributed by atoms with van der Waals surface area (Å²) >= 11 is 0. The highest BCUT2D eigenvalue weighted by Gasteiger charge is 2.06. The van der Waals surface area contributed by atoms with E-state index in [1.807, 2.05) is 6.07 Å². The Balaban J connectivity index is 2.59. The van der Waals surface area contributed by atoms with Gasteiger partial charge in [-0.1, -0.05) is 0 Å². The zero-order valence-corrected chi connectivity index (χ0v) is 13.5. The topological polar surface area (TPSA) is 61.4 Å². The smallest absolute Gasteiger partial charge is 0.208 e. The number of anilines is 2. The average molecular weight is 299 g/mol. The second-order valence-electron chi connectivity index (χ2n) is 4.77. The largest absolute Gasteiger partial charge is 0.384 e. The second kappa shape index (κ2) is 7.50. The highest BCUT2D eigenvalue weighted by Crippen LogP contribution is 2.23. The van der Waals surface area contributed by atoms with Gasteiger partial charge in [0.2, 0.25) is 10.0 Å². The van der Waals surface area contributed by atoms with E-state index in [4.69, 9.17) is 0 Å². The third-order valence-electron chi connectivity index (χ3n) is 3.12. The molecule has 0 saturated heterocycles. The number of hydrogen-bond donors (Lipinski definition) is 2. The summed E-state index contributed by atoms with van der Waals surface area (Å²) in [5.74, 6) is 0. The monoisotopic (exact) mass is 299 g/mol. The van der Waals surface area contributed by atoms with E-state index in [-0.39, 0.29) is 0 Å². The van der Waals surface area contributed by atoms with E-state index >= 15 is 0 Å². The molecule has 0 amide bonds. The molecule has 20 heavy (non-hydrogen) atoms. The van der Waals surface area contributed by atoms with Gasteiger partial charge in [0.15, 0.2) is 0 Å². The van der Waals surface area contributed by atoms with E-state index in [2.05, 4.69) is 47.8 Å². The molecule has 0 bridgehead atoms. The lowest BCUT2D eigenvalue weighted by Gasteiger charge is -2.23. The minimum absolute atomic E-state index is 0.385. The number of nitrogens with one attached hydrogen (secondary N) is 2. The van der Waals surface area contributed by atoms with E-state index in [9.17, 15) is 8.42 Å². The standard InChI is InChI=1S/C14H25N3O2S/c1-5-17(6-2)14-8-7-13(11-12(14)3)15-9-10-16-20(4,18)19/h7-8,11,15-16H,5-6,9-10H2,1-4H3. The minimum Gasteiger partial charge on any atom is -0.384 e. The summed E-state index contributed by atoms with van der Waals surface area (Å²) < 4.78 is 24.3. The van der Waals surface area contributed by atoms with Crippen LogP contribution in [0.25, 0.3) is 0 Å². The molecular formula is C14H25N3O2S. The first kappa shape index (κ1) is 16.8. The Labute approximate surface area is 122 Å². The van der Waals surface area contributed by atoms with Gasteiger partial charge in [-0.15, -0.1) is 0 Å². The number of hydrogen-bond acceptors (Lipinski definition) is 4. The minimum atomic E-state index is -3.11. The summed E-state index contributed by atoms with van der Waals surface area (Å²) in [4.78, 5) is 2.31. The first-order chi connectivity index (χ1) is 9.37. The van der Waals surface area contributed by atoms with Crippen LogP contribution in [0.15, 0.2) is 18.2 Å². The third kappa shape index (κ3) is 5.38. The Kier molecular flexibility index (Phi) is 6.29. The van der Waals surface area contributed by atoms with Crippen molar-refractivity contribution >= 4 is 21.4 Å². The summed E-state index contributed by atoms with van der Waals surface area (Å²) in [7, 11) is -3.11. The van der Waals surface area contributed by atoms with Crippen LogP contribution in [0, 0.1) is 6.92 Å². The number of benzene rings is 1. The molecule has 1 aromatic rings. The van der Waals surface area contributed by atoms with E-state index < -0.39 is 10.0 Å². The van der Waals surface area contributed by atoms with Gasteiger partial charge in [0.1, 0.15) is 0 Å². The highest BCUT2D eigenvalue weighted by molar-refractivity contribution is 7.88. The number of aryl methyl sites for hydroxylation is 1. The van der Waals surface area contributed by atoms with Crippen LogP contribution in [0.4, 0.5) is 11.4 Å². The zero-order chi connectivity index (χ0) is 15.2. The molecule has 0 aromatic heterocycles. The molecule has 1 aromatic carbocycles. The van der Waals surface area contributed by atoms with Crippen molar-refractivity contribution in [3.8, 4) is 0 Å². The number of sulfonamides is 1. The molecule has 5 nitrogen and oxygen atoms in total. The lowest BCUT2D eigenvalue weighted by molar-refractivity contribution is 0.589. The molecule has 0 spiro atoms. The molecule has 0 aliphatic heterocycles. The summed E-state index contributed by atoms with van der Waals surface area (Å²) in [5, 5.41) is 3.21. The molecule has 0 aliphatic rings. The SMILES string of the molecule is CCN(CC)c1ccc(NCCNS(C)(=O)=O)cc1C. The van der Waals surface area contributed by atoms with Crippen molar-refractivity contribution in [1.82, 2.24) is 4.72 Å². The average Bonchev–Trinajstić information content (AvgIpc) is 2.37.